The molecule has 0 aliphatic heterocycles. The van der Waals surface area contributed by atoms with Crippen LogP contribution < -0.4 is 11.1 Å². The second-order valence-electron chi connectivity index (χ2n) is 7.34. The average molecular weight is 584 g/mol. The quantitative estimate of drug-likeness (QED) is 0.184. The van der Waals surface area contributed by atoms with E-state index in [0.717, 1.165) is 26.9 Å². The predicted molar refractivity (Wildman–Crippen MR) is 147 cm³/mol. The van der Waals surface area contributed by atoms with Gasteiger partial charge in [-0.25, -0.2) is 9.18 Å². The Bertz CT molecular complexity index is 912. The molecule has 0 saturated heterocycles. The highest BCUT2D eigenvalue weighted by Crippen LogP contribution is 2.28. The third-order valence-electron chi connectivity index (χ3n) is 4.66. The molecule has 1 amide bonds. The number of esters is 1. The number of alkyl halides is 2. The molecule has 11 heteroatoms. The van der Waals surface area contributed by atoms with E-state index in [1.54, 1.807) is 42.6 Å². The van der Waals surface area contributed by atoms with Crippen LogP contribution in [0.1, 0.15) is 18.1 Å². The molecule has 0 aromatic heterocycles. The van der Waals surface area contributed by atoms with Crippen molar-refractivity contribution >= 4 is 71.0 Å². The Morgan fingerprint density at radius 1 is 1.00 bits per heavy atom. The van der Waals surface area contributed by atoms with E-state index in [-0.39, 0.29) is 31.3 Å². The van der Waals surface area contributed by atoms with Crippen molar-refractivity contribution in [1.29, 1.82) is 0 Å². The Morgan fingerprint density at radius 3 is 2.09 bits per heavy atom. The molecule has 0 bridgehead atoms. The lowest BCUT2D eigenvalue weighted by atomic mass is 10.0. The first-order valence-corrected chi connectivity index (χ1v) is 13.9. The van der Waals surface area contributed by atoms with Crippen molar-refractivity contribution in [2.24, 2.45) is 5.73 Å². The summed E-state index contributed by atoms with van der Waals surface area (Å²) in [5.74, 6) is 1.19. The molecule has 0 fully saturated rings. The summed E-state index contributed by atoms with van der Waals surface area (Å²) in [6, 6.07) is 10.0. The van der Waals surface area contributed by atoms with Gasteiger partial charge in [0.2, 0.25) is 5.91 Å². The van der Waals surface area contributed by atoms with Crippen molar-refractivity contribution < 1.29 is 18.7 Å². The molecule has 2 atom stereocenters. The summed E-state index contributed by atoms with van der Waals surface area (Å²) >= 11 is 14.9. The molecule has 2 aromatic rings. The maximum absolute atomic E-state index is 13.2. The zero-order chi connectivity index (χ0) is 24.9. The summed E-state index contributed by atoms with van der Waals surface area (Å²) in [5.41, 5.74) is 7.82. The first kappa shape index (κ1) is 31.9. The maximum atomic E-state index is 13.2. The summed E-state index contributed by atoms with van der Waals surface area (Å²) < 4.78 is 18.3. The van der Waals surface area contributed by atoms with Crippen LogP contribution in [-0.4, -0.2) is 53.8 Å². The summed E-state index contributed by atoms with van der Waals surface area (Å²) in [6.07, 6.45) is 0.461. The van der Waals surface area contributed by atoms with Gasteiger partial charge in [-0.2, -0.15) is 0 Å². The number of carbonyl (C=O) groups excluding carboxylic acids is 2. The van der Waals surface area contributed by atoms with Gasteiger partial charge in [-0.3, -0.25) is 4.79 Å². The van der Waals surface area contributed by atoms with Gasteiger partial charge in [0.15, 0.2) is 0 Å². The summed E-state index contributed by atoms with van der Waals surface area (Å²) in [4.78, 5) is 27.4. The number of halogens is 4. The van der Waals surface area contributed by atoms with Crippen LogP contribution in [0.3, 0.4) is 0 Å². The Hall–Kier alpha value is -1.16. The number of nitrogens with one attached hydrogen (secondary N) is 1. The standard InChI is InChI=1S/C24H29Cl2FN2O3S2.ClH/c1-2-32-24(31)22(14-16-3-5-18(27)6-4-16)29-23(30)21(28)13-17-11-19(33-9-7-25)15-20(12-17)34-10-8-26;/h3-6,11-12,15,21-22H,2,7-10,13-14,28H2,1H3,(H,29,30);1H/t21-,22-;/m0./s1. The Morgan fingerprint density at radius 2 is 1.57 bits per heavy atom. The predicted octanol–water partition coefficient (Wildman–Crippen LogP) is 5.07. The van der Waals surface area contributed by atoms with Crippen LogP contribution in [0.4, 0.5) is 4.39 Å². The van der Waals surface area contributed by atoms with E-state index >= 15 is 0 Å². The molecule has 194 valence electrons. The molecule has 35 heavy (non-hydrogen) atoms. The van der Waals surface area contributed by atoms with Crippen LogP contribution in [0.2, 0.25) is 0 Å². The van der Waals surface area contributed by atoms with E-state index in [2.05, 4.69) is 11.4 Å². The van der Waals surface area contributed by atoms with Crippen molar-refractivity contribution in [3.05, 3.63) is 59.4 Å². The summed E-state index contributed by atoms with van der Waals surface area (Å²) in [6.45, 7) is 1.87. The lowest BCUT2D eigenvalue weighted by Crippen LogP contribution is -2.50. The van der Waals surface area contributed by atoms with Crippen LogP contribution >= 0.6 is 59.1 Å². The molecular weight excluding hydrogens is 554 g/mol. The SMILES string of the molecule is CCOC(=O)[C@H](Cc1ccc(F)cc1)NC(=O)[C@@H](N)Cc1cc(SCCCl)cc(SCCCl)c1.Cl. The van der Waals surface area contributed by atoms with Crippen molar-refractivity contribution in [2.45, 2.75) is 41.6 Å². The molecule has 0 saturated carbocycles. The molecule has 2 rings (SSSR count). The van der Waals surface area contributed by atoms with Crippen molar-refractivity contribution in [1.82, 2.24) is 5.32 Å². The highest BCUT2D eigenvalue weighted by atomic mass is 35.5. The first-order chi connectivity index (χ1) is 16.4. The van der Waals surface area contributed by atoms with Crippen LogP contribution in [0, 0.1) is 5.82 Å². The Balaban J connectivity index is 0.00000612. The summed E-state index contributed by atoms with van der Waals surface area (Å²) in [7, 11) is 0. The van der Waals surface area contributed by atoms with Gasteiger partial charge in [-0.15, -0.1) is 59.1 Å². The smallest absolute Gasteiger partial charge is 0.328 e. The van der Waals surface area contributed by atoms with Gasteiger partial charge in [0, 0.05) is 39.5 Å². The molecular formula is C24H30Cl3FN2O3S2. The maximum Gasteiger partial charge on any atom is 0.328 e. The normalized spacial score (nSPS) is 12.4. The van der Waals surface area contributed by atoms with Gasteiger partial charge in [0.05, 0.1) is 12.6 Å². The fourth-order valence-electron chi connectivity index (χ4n) is 3.15. The molecule has 0 aliphatic rings. The first-order valence-electron chi connectivity index (χ1n) is 10.8. The molecule has 0 unspecified atom stereocenters. The number of benzene rings is 2. The van der Waals surface area contributed by atoms with E-state index in [1.165, 1.54) is 12.1 Å². The Kier molecular flexibility index (Phi) is 15.8. The number of amides is 1. The molecule has 0 radical (unpaired) electrons. The van der Waals surface area contributed by atoms with Crippen molar-refractivity contribution in [3.8, 4) is 0 Å². The van der Waals surface area contributed by atoms with Crippen molar-refractivity contribution in [2.75, 3.05) is 29.9 Å². The van der Waals surface area contributed by atoms with Crippen LogP contribution in [0.5, 0.6) is 0 Å². The molecule has 3 N–H and O–H groups in total. The van der Waals surface area contributed by atoms with E-state index in [4.69, 9.17) is 33.7 Å². The van der Waals surface area contributed by atoms with Gasteiger partial charge in [0.1, 0.15) is 11.9 Å². The van der Waals surface area contributed by atoms with Gasteiger partial charge in [-0.1, -0.05) is 12.1 Å². The monoisotopic (exact) mass is 582 g/mol. The number of hydrogen-bond donors (Lipinski definition) is 2. The topological polar surface area (TPSA) is 81.4 Å². The highest BCUT2D eigenvalue weighted by molar-refractivity contribution is 8.00. The molecule has 0 aliphatic carbocycles. The van der Waals surface area contributed by atoms with Gasteiger partial charge in [0.25, 0.3) is 0 Å². The number of ether oxygens (including phenoxy) is 1. The highest BCUT2D eigenvalue weighted by Gasteiger charge is 2.25. The minimum atomic E-state index is -0.926. The molecule has 0 spiro atoms. The van der Waals surface area contributed by atoms with E-state index in [1.807, 2.05) is 12.1 Å². The summed E-state index contributed by atoms with van der Waals surface area (Å²) in [5, 5.41) is 2.70. The average Bonchev–Trinajstić information content (AvgIpc) is 2.82. The van der Waals surface area contributed by atoms with Crippen LogP contribution in [0.25, 0.3) is 0 Å². The van der Waals surface area contributed by atoms with Gasteiger partial charge < -0.3 is 15.8 Å². The lowest BCUT2D eigenvalue weighted by Gasteiger charge is -2.20. The minimum Gasteiger partial charge on any atom is -0.464 e. The largest absolute Gasteiger partial charge is 0.464 e. The number of thioether (sulfide) groups is 2. The van der Waals surface area contributed by atoms with Crippen LogP contribution in [-0.2, 0) is 27.2 Å². The zero-order valence-corrected chi connectivity index (χ0v) is 23.3. The molecule has 2 aromatic carbocycles. The fraction of sp³-hybridized carbons (Fsp3) is 0.417. The number of hydrogen-bond acceptors (Lipinski definition) is 6. The molecule has 5 nitrogen and oxygen atoms in total. The van der Waals surface area contributed by atoms with E-state index in [9.17, 15) is 14.0 Å². The van der Waals surface area contributed by atoms with E-state index < -0.39 is 24.0 Å². The fourth-order valence-corrected chi connectivity index (χ4v) is 5.20. The lowest BCUT2D eigenvalue weighted by molar-refractivity contribution is -0.147. The van der Waals surface area contributed by atoms with Gasteiger partial charge in [-0.05, 0) is 54.8 Å². The minimum absolute atomic E-state index is 0. The van der Waals surface area contributed by atoms with Gasteiger partial charge >= 0.3 is 5.97 Å². The van der Waals surface area contributed by atoms with Crippen molar-refractivity contribution in [3.63, 3.8) is 0 Å². The Labute approximate surface area is 230 Å². The number of carbonyl (C=O) groups is 2. The zero-order valence-electron chi connectivity index (χ0n) is 19.3. The van der Waals surface area contributed by atoms with Crippen LogP contribution in [0.15, 0.2) is 52.3 Å². The van der Waals surface area contributed by atoms with E-state index in [0.29, 0.717) is 23.7 Å². The number of nitrogens with two attached hydrogens (primary N) is 1. The third kappa shape index (κ3) is 11.6. The third-order valence-corrected chi connectivity index (χ3v) is 7.45. The second-order valence-corrected chi connectivity index (χ2v) is 10.4. The number of rotatable bonds is 14. The second kappa shape index (κ2) is 17.3. The molecule has 0 heterocycles.